The van der Waals surface area contributed by atoms with Crippen molar-refractivity contribution in [3.05, 3.63) is 76.9 Å². The van der Waals surface area contributed by atoms with Gasteiger partial charge < -0.3 is 14.6 Å². The summed E-state index contributed by atoms with van der Waals surface area (Å²) in [5.74, 6) is -1.52. The highest BCUT2D eigenvalue weighted by atomic mass is 32.1. The number of aromatic nitrogens is 1. The molecule has 1 atom stereocenters. The Morgan fingerprint density at radius 1 is 1.15 bits per heavy atom. The van der Waals surface area contributed by atoms with Crippen LogP contribution < -0.4 is 4.90 Å². The lowest BCUT2D eigenvalue weighted by atomic mass is 9.77. The van der Waals surface area contributed by atoms with Gasteiger partial charge >= 0.3 is 0 Å². The van der Waals surface area contributed by atoms with Gasteiger partial charge in [0.2, 0.25) is 0 Å². The van der Waals surface area contributed by atoms with E-state index in [2.05, 4.69) is 0 Å². The predicted octanol–water partition coefficient (Wildman–Crippen LogP) is 4.38. The van der Waals surface area contributed by atoms with Crippen molar-refractivity contribution in [2.24, 2.45) is 0 Å². The van der Waals surface area contributed by atoms with Gasteiger partial charge in [-0.25, -0.2) is 4.39 Å². The molecule has 3 aromatic rings. The number of hydrogen-bond donors (Lipinski definition) is 1. The van der Waals surface area contributed by atoms with Gasteiger partial charge in [-0.2, -0.15) is 0 Å². The molecule has 0 fully saturated rings. The van der Waals surface area contributed by atoms with Crippen molar-refractivity contribution < 1.29 is 14.3 Å². The molecule has 0 bridgehead atoms. The molecule has 0 aliphatic heterocycles. The molecule has 1 aromatic carbocycles. The van der Waals surface area contributed by atoms with Crippen LogP contribution in [0.1, 0.15) is 16.4 Å². The van der Waals surface area contributed by atoms with E-state index in [-0.39, 0.29) is 22.7 Å². The number of Topliss-reactive ketones (excluding diaryl/α,β-unsaturated/α-hetero) is 1. The van der Waals surface area contributed by atoms with E-state index in [1.165, 1.54) is 17.4 Å². The second-order valence-corrected chi connectivity index (χ2v) is 7.48. The lowest BCUT2D eigenvalue weighted by Crippen LogP contribution is -2.28. The maximum absolute atomic E-state index is 14.4. The summed E-state index contributed by atoms with van der Waals surface area (Å²) in [5, 5.41) is 11.4. The zero-order chi connectivity index (χ0) is 18.4. The second kappa shape index (κ2) is 6.14. The first-order chi connectivity index (χ1) is 12.5. The Balaban J connectivity index is 1.67. The van der Waals surface area contributed by atoms with E-state index in [0.29, 0.717) is 5.69 Å². The van der Waals surface area contributed by atoms with Crippen molar-refractivity contribution in [2.45, 2.75) is 5.92 Å². The summed E-state index contributed by atoms with van der Waals surface area (Å²) < 4.78 is 16.4. The number of carbonyl (C=O) groups is 1. The number of nitrogens with zero attached hydrogens (tertiary/aromatic N) is 2. The summed E-state index contributed by atoms with van der Waals surface area (Å²) >= 11 is 1.44. The molecule has 0 amide bonds. The van der Waals surface area contributed by atoms with Gasteiger partial charge in [0, 0.05) is 42.6 Å². The number of benzene rings is 1. The molecule has 6 heteroatoms. The number of carbonyl (C=O) groups excluding carboxylic acids is 1. The van der Waals surface area contributed by atoms with Crippen LogP contribution in [0.15, 0.2) is 60.6 Å². The third-order valence-electron chi connectivity index (χ3n) is 4.53. The first-order valence-corrected chi connectivity index (χ1v) is 8.96. The Labute approximate surface area is 154 Å². The maximum Gasteiger partial charge on any atom is 0.182 e. The minimum Gasteiger partial charge on any atom is -0.510 e. The molecular weight excluding hydrogens is 351 g/mol. The molecule has 1 aliphatic carbocycles. The third-order valence-corrected chi connectivity index (χ3v) is 5.70. The van der Waals surface area contributed by atoms with Crippen LogP contribution in [-0.4, -0.2) is 29.6 Å². The van der Waals surface area contributed by atoms with Crippen LogP contribution in [0, 0.1) is 5.82 Å². The number of allylic oxidation sites excluding steroid dienone is 2. The number of halogens is 1. The molecule has 4 nitrogen and oxygen atoms in total. The summed E-state index contributed by atoms with van der Waals surface area (Å²) in [4.78, 5) is 15.2. The van der Waals surface area contributed by atoms with Gasteiger partial charge in [0.15, 0.2) is 5.78 Å². The SMILES string of the molecule is CN(C)c1ccc(C2=C(O)C(c3ccc(-n4cccc4)s3)C2=O)c(F)c1. The second-order valence-electron chi connectivity index (χ2n) is 6.38. The van der Waals surface area contributed by atoms with Gasteiger partial charge in [-0.05, 0) is 42.5 Å². The minimum absolute atomic E-state index is 0.0626. The number of ketones is 1. The van der Waals surface area contributed by atoms with Crippen LogP contribution >= 0.6 is 11.3 Å². The molecule has 2 heterocycles. The smallest absolute Gasteiger partial charge is 0.182 e. The van der Waals surface area contributed by atoms with Gasteiger partial charge in [0.25, 0.3) is 0 Å². The molecule has 2 aromatic heterocycles. The number of aliphatic hydroxyl groups excluding tert-OH is 1. The van der Waals surface area contributed by atoms with Crippen molar-refractivity contribution in [1.82, 2.24) is 4.57 Å². The standard InChI is InChI=1S/C20H17FN2O2S/c1-22(2)12-5-6-13(14(21)11-12)17-19(24)18(20(17)25)15-7-8-16(26-15)23-9-3-4-10-23/h3-11,18,24H,1-2H3. The molecule has 4 rings (SSSR count). The highest BCUT2D eigenvalue weighted by molar-refractivity contribution is 7.14. The average Bonchev–Trinajstić information content (AvgIpc) is 3.28. The van der Waals surface area contributed by atoms with Crippen molar-refractivity contribution in [3.8, 4) is 5.00 Å². The molecule has 26 heavy (non-hydrogen) atoms. The fraction of sp³-hybridized carbons (Fsp3) is 0.150. The topological polar surface area (TPSA) is 45.5 Å². The van der Waals surface area contributed by atoms with E-state index in [1.807, 2.05) is 55.3 Å². The monoisotopic (exact) mass is 368 g/mol. The number of rotatable bonds is 4. The van der Waals surface area contributed by atoms with Crippen LogP contribution in [0.2, 0.25) is 0 Å². The highest BCUT2D eigenvalue weighted by Crippen LogP contribution is 2.46. The fourth-order valence-electron chi connectivity index (χ4n) is 3.10. The van der Waals surface area contributed by atoms with Gasteiger partial charge in [-0.3, -0.25) is 4.79 Å². The van der Waals surface area contributed by atoms with Crippen LogP contribution in [0.3, 0.4) is 0 Å². The summed E-state index contributed by atoms with van der Waals surface area (Å²) in [7, 11) is 3.63. The molecule has 0 spiro atoms. The Morgan fingerprint density at radius 2 is 1.88 bits per heavy atom. The summed E-state index contributed by atoms with van der Waals surface area (Å²) in [5.41, 5.74) is 0.926. The van der Waals surface area contributed by atoms with Gasteiger partial charge in [-0.1, -0.05) is 0 Å². The van der Waals surface area contributed by atoms with Crippen LogP contribution in [0.4, 0.5) is 10.1 Å². The van der Waals surface area contributed by atoms with E-state index in [4.69, 9.17) is 0 Å². The van der Waals surface area contributed by atoms with Crippen LogP contribution in [0.5, 0.6) is 0 Å². The van der Waals surface area contributed by atoms with Gasteiger partial charge in [0.05, 0.1) is 10.6 Å². The van der Waals surface area contributed by atoms with E-state index in [0.717, 1.165) is 9.88 Å². The predicted molar refractivity (Wildman–Crippen MR) is 102 cm³/mol. The number of anilines is 1. The van der Waals surface area contributed by atoms with Gasteiger partial charge in [-0.15, -0.1) is 11.3 Å². The molecule has 0 radical (unpaired) electrons. The average molecular weight is 368 g/mol. The Kier molecular flexibility index (Phi) is 3.92. The third kappa shape index (κ3) is 2.54. The molecule has 0 saturated carbocycles. The normalized spacial score (nSPS) is 16.7. The van der Waals surface area contributed by atoms with Crippen molar-refractivity contribution in [2.75, 3.05) is 19.0 Å². The zero-order valence-corrected chi connectivity index (χ0v) is 15.1. The van der Waals surface area contributed by atoms with Crippen molar-refractivity contribution in [3.63, 3.8) is 0 Å². The van der Waals surface area contributed by atoms with Crippen molar-refractivity contribution in [1.29, 1.82) is 0 Å². The van der Waals surface area contributed by atoms with Crippen LogP contribution in [-0.2, 0) is 4.79 Å². The molecular formula is C20H17FN2O2S. The first-order valence-electron chi connectivity index (χ1n) is 8.15. The van der Waals surface area contributed by atoms with E-state index >= 15 is 0 Å². The van der Waals surface area contributed by atoms with Crippen molar-refractivity contribution >= 4 is 28.4 Å². The summed E-state index contributed by atoms with van der Waals surface area (Å²) in [6.07, 6.45) is 3.84. The first kappa shape index (κ1) is 16.6. The lowest BCUT2D eigenvalue weighted by molar-refractivity contribution is -0.116. The highest BCUT2D eigenvalue weighted by Gasteiger charge is 2.43. The van der Waals surface area contributed by atoms with E-state index in [1.54, 1.807) is 17.0 Å². The summed E-state index contributed by atoms with van der Waals surface area (Å²) in [6, 6.07) is 12.2. The van der Waals surface area contributed by atoms with Crippen LogP contribution in [0.25, 0.3) is 10.6 Å². The molecule has 1 unspecified atom stereocenters. The van der Waals surface area contributed by atoms with Gasteiger partial charge in [0.1, 0.15) is 17.5 Å². The zero-order valence-electron chi connectivity index (χ0n) is 14.3. The lowest BCUT2D eigenvalue weighted by Gasteiger charge is -2.27. The number of thiophene rings is 1. The summed E-state index contributed by atoms with van der Waals surface area (Å²) in [6.45, 7) is 0. The Bertz CT molecular complexity index is 1020. The Morgan fingerprint density at radius 3 is 2.50 bits per heavy atom. The quantitative estimate of drug-likeness (QED) is 0.743. The molecule has 1 N–H and O–H groups in total. The molecule has 0 saturated heterocycles. The molecule has 132 valence electrons. The maximum atomic E-state index is 14.4. The van der Waals surface area contributed by atoms with E-state index < -0.39 is 11.7 Å². The largest absolute Gasteiger partial charge is 0.510 e. The number of aliphatic hydroxyl groups is 1. The Hall–Kier alpha value is -2.86. The molecule has 1 aliphatic rings. The fourth-order valence-corrected chi connectivity index (χ4v) is 4.18. The number of hydrogen-bond acceptors (Lipinski definition) is 4. The minimum atomic E-state index is -0.702. The van der Waals surface area contributed by atoms with E-state index in [9.17, 15) is 14.3 Å².